The fourth-order valence-electron chi connectivity index (χ4n) is 2.07. The maximum absolute atomic E-state index is 12.0. The van der Waals surface area contributed by atoms with Crippen molar-refractivity contribution in [3.63, 3.8) is 0 Å². The van der Waals surface area contributed by atoms with Gasteiger partial charge in [-0.2, -0.15) is 0 Å². The second-order valence-electron chi connectivity index (χ2n) is 6.82. The normalized spacial score (nSPS) is 14.5. The number of hydrogen-bond donors (Lipinski definition) is 3. The van der Waals surface area contributed by atoms with Crippen molar-refractivity contribution in [2.75, 3.05) is 13.2 Å². The number of carbonyl (C=O) groups excluding carboxylic acids is 3. The molecule has 3 N–H and O–H groups in total. The summed E-state index contributed by atoms with van der Waals surface area (Å²) in [6, 6.07) is 0. The van der Waals surface area contributed by atoms with Crippen LogP contribution in [0.3, 0.4) is 0 Å². The Morgan fingerprint density at radius 3 is 1.20 bits per heavy atom. The molecular formula is C18H26O12. The molecule has 30 heavy (non-hydrogen) atoms. The van der Waals surface area contributed by atoms with E-state index in [0.717, 1.165) is 0 Å². The van der Waals surface area contributed by atoms with Crippen molar-refractivity contribution in [2.24, 2.45) is 17.8 Å². The fourth-order valence-corrected chi connectivity index (χ4v) is 2.07. The summed E-state index contributed by atoms with van der Waals surface area (Å²) in [6.45, 7) is 2.79. The molecule has 0 aliphatic carbocycles. The average Bonchev–Trinajstić information content (AvgIpc) is 2.61. The SMILES string of the molecule is CC(CC(=O)O)C(=O)OCC(COC(=O)C(C)CC(=O)O)OC(=O)C(C)CC(=O)O. The molecule has 0 fully saturated rings. The quantitative estimate of drug-likeness (QED) is 0.251. The summed E-state index contributed by atoms with van der Waals surface area (Å²) in [7, 11) is 0. The zero-order valence-electron chi connectivity index (χ0n) is 16.9. The lowest BCUT2D eigenvalue weighted by atomic mass is 10.1. The van der Waals surface area contributed by atoms with Crippen LogP contribution in [0.4, 0.5) is 0 Å². The van der Waals surface area contributed by atoms with Crippen molar-refractivity contribution >= 4 is 35.8 Å². The number of carboxylic acids is 3. The lowest BCUT2D eigenvalue weighted by Crippen LogP contribution is -2.34. The molecule has 0 rings (SSSR count). The van der Waals surface area contributed by atoms with Gasteiger partial charge >= 0.3 is 35.8 Å². The van der Waals surface area contributed by atoms with Crippen LogP contribution in [0.5, 0.6) is 0 Å². The predicted molar refractivity (Wildman–Crippen MR) is 96.0 cm³/mol. The molecule has 0 bridgehead atoms. The smallest absolute Gasteiger partial charge is 0.309 e. The largest absolute Gasteiger partial charge is 0.481 e. The molecule has 3 atom stereocenters. The van der Waals surface area contributed by atoms with Crippen molar-refractivity contribution in [3.05, 3.63) is 0 Å². The molecule has 170 valence electrons. The number of hydrogen-bond acceptors (Lipinski definition) is 9. The summed E-state index contributed by atoms with van der Waals surface area (Å²) in [4.78, 5) is 67.7. The molecule has 0 heterocycles. The zero-order valence-corrected chi connectivity index (χ0v) is 16.9. The van der Waals surface area contributed by atoms with Crippen LogP contribution in [0.2, 0.25) is 0 Å². The van der Waals surface area contributed by atoms with E-state index in [1.807, 2.05) is 0 Å². The molecule has 0 saturated carbocycles. The highest BCUT2D eigenvalue weighted by Gasteiger charge is 2.27. The van der Waals surface area contributed by atoms with Crippen LogP contribution in [-0.4, -0.2) is 70.5 Å². The first kappa shape index (κ1) is 26.8. The van der Waals surface area contributed by atoms with Crippen LogP contribution in [0.1, 0.15) is 40.0 Å². The minimum atomic E-state index is -1.30. The van der Waals surface area contributed by atoms with Gasteiger partial charge in [0, 0.05) is 0 Å². The van der Waals surface area contributed by atoms with Crippen molar-refractivity contribution < 1.29 is 58.3 Å². The summed E-state index contributed by atoms with van der Waals surface area (Å²) >= 11 is 0. The van der Waals surface area contributed by atoms with E-state index in [9.17, 15) is 28.8 Å². The van der Waals surface area contributed by atoms with Gasteiger partial charge in [0.2, 0.25) is 0 Å². The predicted octanol–water partition coefficient (Wildman–Crippen LogP) is 0.317. The molecule has 12 heteroatoms. The Morgan fingerprint density at radius 2 is 0.900 bits per heavy atom. The van der Waals surface area contributed by atoms with Gasteiger partial charge in [-0.1, -0.05) is 20.8 Å². The Bertz CT molecular complexity index is 618. The van der Waals surface area contributed by atoms with Crippen molar-refractivity contribution in [3.8, 4) is 0 Å². The van der Waals surface area contributed by atoms with E-state index in [-0.39, 0.29) is 0 Å². The van der Waals surface area contributed by atoms with E-state index in [0.29, 0.717) is 0 Å². The third kappa shape index (κ3) is 11.6. The Hall–Kier alpha value is -3.18. The fraction of sp³-hybridized carbons (Fsp3) is 0.667. The molecule has 12 nitrogen and oxygen atoms in total. The average molecular weight is 434 g/mol. The highest BCUT2D eigenvalue weighted by Crippen LogP contribution is 2.11. The molecule has 3 unspecified atom stereocenters. The number of rotatable bonds is 14. The second kappa shape index (κ2) is 13.1. The Labute approximate surface area is 172 Å². The first-order valence-corrected chi connectivity index (χ1v) is 9.02. The lowest BCUT2D eigenvalue weighted by molar-refractivity contribution is -0.173. The standard InChI is InChI=1S/C18H26O12/c1-9(4-13(19)20)16(25)28-7-12(30-18(27)11(3)6-15(23)24)8-29-17(26)10(2)5-14(21)22/h9-12H,4-8H2,1-3H3,(H,19,20)(H,21,22)(H,23,24). The Kier molecular flexibility index (Phi) is 11.7. The van der Waals surface area contributed by atoms with E-state index < -0.39 is 92.1 Å². The number of carbonyl (C=O) groups is 6. The molecule has 0 amide bonds. The maximum Gasteiger partial charge on any atom is 0.309 e. The summed E-state index contributed by atoms with van der Waals surface area (Å²) < 4.78 is 14.9. The van der Waals surface area contributed by atoms with Crippen molar-refractivity contribution in [2.45, 2.75) is 46.1 Å². The van der Waals surface area contributed by atoms with Gasteiger partial charge < -0.3 is 29.5 Å². The van der Waals surface area contributed by atoms with Crippen molar-refractivity contribution in [1.82, 2.24) is 0 Å². The van der Waals surface area contributed by atoms with Gasteiger partial charge in [-0.3, -0.25) is 28.8 Å². The molecule has 0 aliphatic rings. The van der Waals surface area contributed by atoms with Crippen LogP contribution in [0.15, 0.2) is 0 Å². The van der Waals surface area contributed by atoms with Crippen LogP contribution in [0, 0.1) is 17.8 Å². The van der Waals surface area contributed by atoms with Gasteiger partial charge in [-0.05, 0) is 0 Å². The second-order valence-corrected chi connectivity index (χ2v) is 6.82. The number of aliphatic carboxylic acids is 3. The molecule has 0 radical (unpaired) electrons. The van der Waals surface area contributed by atoms with Gasteiger partial charge in [0.15, 0.2) is 6.10 Å². The third-order valence-electron chi connectivity index (χ3n) is 3.76. The molecule has 0 spiro atoms. The van der Waals surface area contributed by atoms with Gasteiger partial charge in [0.1, 0.15) is 13.2 Å². The molecule has 0 saturated heterocycles. The lowest BCUT2D eigenvalue weighted by Gasteiger charge is -2.21. The number of ether oxygens (including phenoxy) is 3. The van der Waals surface area contributed by atoms with E-state index in [2.05, 4.69) is 0 Å². The molecule has 0 aliphatic heterocycles. The van der Waals surface area contributed by atoms with E-state index in [1.165, 1.54) is 20.8 Å². The minimum Gasteiger partial charge on any atom is -0.481 e. The zero-order chi connectivity index (χ0) is 23.4. The van der Waals surface area contributed by atoms with Crippen molar-refractivity contribution in [1.29, 1.82) is 0 Å². The third-order valence-corrected chi connectivity index (χ3v) is 3.76. The van der Waals surface area contributed by atoms with Crippen LogP contribution < -0.4 is 0 Å². The summed E-state index contributed by atoms with van der Waals surface area (Å²) in [5.74, 6) is -9.38. The molecule has 0 aromatic carbocycles. The van der Waals surface area contributed by atoms with E-state index in [1.54, 1.807) is 0 Å². The first-order valence-electron chi connectivity index (χ1n) is 9.02. The summed E-state index contributed by atoms with van der Waals surface area (Å²) in [6.07, 6.45) is -2.78. The topological polar surface area (TPSA) is 191 Å². The Balaban J connectivity index is 4.98. The minimum absolute atomic E-state index is 0.485. The first-order chi connectivity index (χ1) is 13.8. The maximum atomic E-state index is 12.0. The molecular weight excluding hydrogens is 408 g/mol. The van der Waals surface area contributed by atoms with Crippen LogP contribution >= 0.6 is 0 Å². The van der Waals surface area contributed by atoms with Gasteiger partial charge in [-0.25, -0.2) is 0 Å². The van der Waals surface area contributed by atoms with Gasteiger partial charge in [0.25, 0.3) is 0 Å². The highest BCUT2D eigenvalue weighted by atomic mass is 16.6. The highest BCUT2D eigenvalue weighted by molar-refractivity contribution is 5.80. The van der Waals surface area contributed by atoms with Crippen LogP contribution in [-0.2, 0) is 43.0 Å². The molecule has 0 aromatic heterocycles. The summed E-state index contributed by atoms with van der Waals surface area (Å²) in [5, 5.41) is 26.1. The van der Waals surface area contributed by atoms with Gasteiger partial charge in [0.05, 0.1) is 37.0 Å². The van der Waals surface area contributed by atoms with Crippen LogP contribution in [0.25, 0.3) is 0 Å². The number of carboxylic acid groups (broad SMARTS) is 3. The van der Waals surface area contributed by atoms with Gasteiger partial charge in [-0.15, -0.1) is 0 Å². The monoisotopic (exact) mass is 434 g/mol. The Morgan fingerprint density at radius 1 is 0.600 bits per heavy atom. The number of esters is 3. The van der Waals surface area contributed by atoms with E-state index in [4.69, 9.17) is 29.5 Å². The van der Waals surface area contributed by atoms with E-state index >= 15 is 0 Å². The molecule has 0 aromatic rings. The summed E-state index contributed by atoms with van der Waals surface area (Å²) in [5.41, 5.74) is 0.